The van der Waals surface area contributed by atoms with Gasteiger partial charge in [0.25, 0.3) is 0 Å². The first-order valence-corrected chi connectivity index (χ1v) is 12.8. The topological polar surface area (TPSA) is 318 Å². The Labute approximate surface area is 228 Å². The van der Waals surface area contributed by atoms with Gasteiger partial charge in [0.2, 0.25) is 17.7 Å². The highest BCUT2D eigenvalue weighted by atomic mass is 79.9. The smallest absolute Gasteiger partial charge is 0.326 e. The molecule has 0 aromatic heterocycles. The van der Waals surface area contributed by atoms with Gasteiger partial charge in [0.05, 0.1) is 5.33 Å². The lowest BCUT2D eigenvalue weighted by molar-refractivity contribution is -0.142. The van der Waals surface area contributed by atoms with Gasteiger partial charge in [-0.3, -0.25) is 29.4 Å². The third-order valence-electron chi connectivity index (χ3n) is 4.86. The van der Waals surface area contributed by atoms with E-state index in [2.05, 4.69) is 46.9 Å². The van der Waals surface area contributed by atoms with Crippen molar-refractivity contribution in [3.05, 3.63) is 0 Å². The number of rotatable bonds is 19. The molecule has 0 aromatic rings. The molecule has 16 N–H and O–H groups in total. The molecule has 3 atom stereocenters. The van der Waals surface area contributed by atoms with Crippen LogP contribution in [-0.2, 0) is 19.2 Å². The van der Waals surface area contributed by atoms with Gasteiger partial charge in [0, 0.05) is 19.6 Å². The number of carboxylic acid groups (broad SMARTS) is 1. The van der Waals surface area contributed by atoms with Crippen molar-refractivity contribution in [3.63, 3.8) is 0 Å². The van der Waals surface area contributed by atoms with Crippen molar-refractivity contribution >= 4 is 57.5 Å². The van der Waals surface area contributed by atoms with Gasteiger partial charge in [0.15, 0.2) is 17.9 Å². The molecule has 0 rings (SSSR count). The van der Waals surface area contributed by atoms with Crippen LogP contribution in [0.15, 0.2) is 15.0 Å². The average Bonchev–Trinajstić information content (AvgIpc) is 2.83. The van der Waals surface area contributed by atoms with Crippen LogP contribution in [0.25, 0.3) is 0 Å². The number of hydrogen-bond donors (Lipinski definition) is 10. The molecule has 38 heavy (non-hydrogen) atoms. The average molecular weight is 608 g/mol. The van der Waals surface area contributed by atoms with Gasteiger partial charge in [-0.05, 0) is 38.5 Å². The summed E-state index contributed by atoms with van der Waals surface area (Å²) >= 11 is 3.02. The van der Waals surface area contributed by atoms with Crippen LogP contribution < -0.4 is 50.4 Å². The second kappa shape index (κ2) is 19.3. The Balaban J connectivity index is 5.54. The largest absolute Gasteiger partial charge is 0.480 e. The van der Waals surface area contributed by atoms with Gasteiger partial charge in [-0.1, -0.05) is 15.9 Å². The highest BCUT2D eigenvalue weighted by molar-refractivity contribution is 9.09. The molecule has 0 saturated heterocycles. The fraction of sp³-hybridized carbons (Fsp3) is 0.650. The normalized spacial score (nSPS) is 12.7. The van der Waals surface area contributed by atoms with E-state index < -0.39 is 41.8 Å². The van der Waals surface area contributed by atoms with E-state index in [4.69, 9.17) is 34.4 Å². The molecule has 0 bridgehead atoms. The van der Waals surface area contributed by atoms with Crippen molar-refractivity contribution in [1.29, 1.82) is 0 Å². The summed E-state index contributed by atoms with van der Waals surface area (Å²) in [4.78, 5) is 61.2. The molecule has 0 aromatic carbocycles. The molecule has 3 amide bonds. The quantitative estimate of drug-likeness (QED) is 0.0292. The van der Waals surface area contributed by atoms with Crippen LogP contribution in [0.5, 0.6) is 0 Å². The summed E-state index contributed by atoms with van der Waals surface area (Å²) in [5.41, 5.74) is 31.8. The lowest BCUT2D eigenvalue weighted by Crippen LogP contribution is -2.56. The van der Waals surface area contributed by atoms with Crippen LogP contribution in [0.4, 0.5) is 0 Å². The first-order chi connectivity index (χ1) is 17.9. The molecule has 18 heteroatoms. The molecule has 216 valence electrons. The van der Waals surface area contributed by atoms with Crippen molar-refractivity contribution in [2.24, 2.45) is 49.4 Å². The van der Waals surface area contributed by atoms with Crippen molar-refractivity contribution < 1.29 is 24.3 Å². The number of guanidine groups is 3. The second-order valence-corrected chi connectivity index (χ2v) is 8.62. The SMILES string of the molecule is NC(N)=NCCC[C@H](NC(=O)[C@H](CCCN=C(N)N)NC(=O)[C@H](CCCN=C(N)N)NC(=O)CBr)C(=O)O. The summed E-state index contributed by atoms with van der Waals surface area (Å²) in [6, 6.07) is -3.40. The van der Waals surface area contributed by atoms with Gasteiger partial charge in [-0.25, -0.2) is 4.79 Å². The van der Waals surface area contributed by atoms with Crippen molar-refractivity contribution in [2.75, 3.05) is 25.0 Å². The summed E-state index contributed by atoms with van der Waals surface area (Å²) in [7, 11) is 0. The first kappa shape index (κ1) is 34.2. The third-order valence-corrected chi connectivity index (χ3v) is 5.37. The Morgan fingerprint density at radius 2 is 0.974 bits per heavy atom. The molecule has 0 fully saturated rings. The number of aliphatic carboxylic acids is 1. The Morgan fingerprint density at radius 1 is 0.632 bits per heavy atom. The molecule has 0 aliphatic rings. The number of nitrogens with one attached hydrogen (secondary N) is 3. The highest BCUT2D eigenvalue weighted by Crippen LogP contribution is 2.06. The third kappa shape index (κ3) is 16.8. The molecule has 0 spiro atoms. The molecule has 0 unspecified atom stereocenters. The number of halogens is 1. The number of alkyl halides is 1. The van der Waals surface area contributed by atoms with Gasteiger partial charge in [-0.2, -0.15) is 0 Å². The van der Waals surface area contributed by atoms with E-state index >= 15 is 0 Å². The molecule has 0 heterocycles. The zero-order valence-corrected chi connectivity index (χ0v) is 22.7. The van der Waals surface area contributed by atoms with E-state index in [0.29, 0.717) is 12.8 Å². The fourth-order valence-corrected chi connectivity index (χ4v) is 3.25. The number of aliphatic imine (C=N–C) groups is 3. The van der Waals surface area contributed by atoms with E-state index in [1.54, 1.807) is 0 Å². The molecule has 0 aliphatic carbocycles. The summed E-state index contributed by atoms with van der Waals surface area (Å²) in [6.45, 7) is 0.569. The molecular weight excluding hydrogens is 568 g/mol. The van der Waals surface area contributed by atoms with E-state index in [9.17, 15) is 24.3 Å². The van der Waals surface area contributed by atoms with Crippen LogP contribution in [0.3, 0.4) is 0 Å². The minimum atomic E-state index is -1.27. The number of nitrogens with zero attached hydrogens (tertiary/aromatic N) is 3. The van der Waals surface area contributed by atoms with E-state index in [1.807, 2.05) is 0 Å². The highest BCUT2D eigenvalue weighted by Gasteiger charge is 2.29. The lowest BCUT2D eigenvalue weighted by Gasteiger charge is -2.24. The molecule has 0 radical (unpaired) electrons. The Bertz CT molecular complexity index is 870. The second-order valence-electron chi connectivity index (χ2n) is 8.06. The standard InChI is InChI=1S/C20H39BrN12O5/c21-10-14(34)31-11(4-1-7-28-18(22)23)15(35)32-12(5-2-8-29-19(24)25)16(36)33-13(17(37)38)6-3-9-30-20(26)27/h11-13H,1-10H2,(H,31,34)(H,32,35)(H,33,36)(H,37,38)(H4,22,23,28)(H4,24,25,29)(H4,26,27,30)/t11-,12-,13-/m0/s1. The van der Waals surface area contributed by atoms with Crippen LogP contribution >= 0.6 is 15.9 Å². The maximum atomic E-state index is 13.0. The first-order valence-electron chi connectivity index (χ1n) is 11.7. The number of hydrogen-bond acceptors (Lipinski definition) is 7. The van der Waals surface area contributed by atoms with Crippen molar-refractivity contribution in [3.8, 4) is 0 Å². The Morgan fingerprint density at radius 3 is 1.32 bits per heavy atom. The van der Waals surface area contributed by atoms with E-state index in [0.717, 1.165) is 0 Å². The molecule has 0 aliphatic heterocycles. The minimum absolute atomic E-state index is 0.0429. The summed E-state index contributed by atoms with van der Waals surface area (Å²) < 4.78 is 0. The zero-order chi connectivity index (χ0) is 29.1. The summed E-state index contributed by atoms with van der Waals surface area (Å²) in [6.07, 6.45) is 1.24. The fourth-order valence-electron chi connectivity index (χ4n) is 3.08. The van der Waals surface area contributed by atoms with Crippen LogP contribution in [-0.4, -0.2) is 89.8 Å². The van der Waals surface area contributed by atoms with Gasteiger partial charge >= 0.3 is 5.97 Å². The van der Waals surface area contributed by atoms with Gasteiger partial charge in [-0.15, -0.1) is 0 Å². The Kier molecular flexibility index (Phi) is 17.4. The van der Waals surface area contributed by atoms with E-state index in [1.165, 1.54) is 0 Å². The van der Waals surface area contributed by atoms with Crippen LogP contribution in [0.2, 0.25) is 0 Å². The predicted molar refractivity (Wildman–Crippen MR) is 147 cm³/mol. The van der Waals surface area contributed by atoms with Gasteiger partial charge in [0.1, 0.15) is 18.1 Å². The number of carbonyl (C=O) groups excluding carboxylic acids is 3. The number of nitrogens with two attached hydrogens (primary N) is 6. The summed E-state index contributed by atoms with van der Waals surface area (Å²) in [5, 5.41) is 17.1. The van der Waals surface area contributed by atoms with Crippen LogP contribution in [0, 0.1) is 0 Å². The van der Waals surface area contributed by atoms with Gasteiger partial charge < -0.3 is 55.5 Å². The number of carboxylic acids is 1. The van der Waals surface area contributed by atoms with Crippen molar-refractivity contribution in [2.45, 2.75) is 56.7 Å². The maximum Gasteiger partial charge on any atom is 0.326 e. The maximum absolute atomic E-state index is 13.0. The number of carbonyl (C=O) groups is 4. The minimum Gasteiger partial charge on any atom is -0.480 e. The van der Waals surface area contributed by atoms with Crippen LogP contribution in [0.1, 0.15) is 38.5 Å². The monoisotopic (exact) mass is 606 g/mol. The van der Waals surface area contributed by atoms with Crippen molar-refractivity contribution in [1.82, 2.24) is 16.0 Å². The molecule has 17 nitrogen and oxygen atoms in total. The lowest BCUT2D eigenvalue weighted by atomic mass is 10.1. The molecular formula is C20H39BrN12O5. The van der Waals surface area contributed by atoms with E-state index in [-0.39, 0.29) is 68.5 Å². The molecule has 0 saturated carbocycles. The predicted octanol–water partition coefficient (Wildman–Crippen LogP) is -3.92. The summed E-state index contributed by atoms with van der Waals surface area (Å²) in [5.74, 6) is -3.49. The number of amides is 3. The zero-order valence-electron chi connectivity index (χ0n) is 21.1. The Hall–Kier alpha value is -3.83.